The lowest BCUT2D eigenvalue weighted by Crippen LogP contribution is -2.39. The molecule has 178 valence electrons. The highest BCUT2D eigenvalue weighted by Gasteiger charge is 2.30. The van der Waals surface area contributed by atoms with Gasteiger partial charge in [-0.15, -0.1) is 0 Å². The van der Waals surface area contributed by atoms with E-state index in [1.165, 1.54) is 10.9 Å². The zero-order valence-corrected chi connectivity index (χ0v) is 19.4. The van der Waals surface area contributed by atoms with Crippen molar-refractivity contribution in [3.05, 3.63) is 83.6 Å². The molecule has 9 nitrogen and oxygen atoms in total. The predicted octanol–water partition coefficient (Wildman–Crippen LogP) is 3.52. The van der Waals surface area contributed by atoms with Crippen LogP contribution in [0.15, 0.2) is 77.9 Å². The second-order valence-electron chi connectivity index (χ2n) is 8.40. The summed E-state index contributed by atoms with van der Waals surface area (Å²) in [5, 5.41) is 0. The van der Waals surface area contributed by atoms with Gasteiger partial charge in [-0.05, 0) is 62.2 Å². The number of amides is 1. The Hall–Kier alpha value is -4.40. The van der Waals surface area contributed by atoms with Gasteiger partial charge in [-0.25, -0.2) is 14.8 Å². The summed E-state index contributed by atoms with van der Waals surface area (Å²) in [5.41, 5.74) is 7.43. The summed E-state index contributed by atoms with van der Waals surface area (Å²) in [4.78, 5) is 36.5. The number of hydrogen-bond acceptors (Lipinski definition) is 6. The molecule has 1 fully saturated rings. The molecule has 35 heavy (non-hydrogen) atoms. The Bertz CT molecular complexity index is 1440. The Morgan fingerprint density at radius 1 is 1.11 bits per heavy atom. The number of benzene rings is 2. The third kappa shape index (κ3) is 4.28. The monoisotopic (exact) mass is 470 g/mol. The van der Waals surface area contributed by atoms with E-state index in [2.05, 4.69) is 9.97 Å². The first-order valence-corrected chi connectivity index (χ1v) is 11.5. The highest BCUT2D eigenvalue weighted by Crippen LogP contribution is 2.26. The number of likely N-dealkylation sites (tertiary alicyclic amines) is 1. The van der Waals surface area contributed by atoms with E-state index in [1.807, 2.05) is 42.2 Å². The number of para-hydroxylation sites is 1. The van der Waals surface area contributed by atoms with E-state index in [0.717, 1.165) is 18.6 Å². The minimum atomic E-state index is -0.283. The number of imidazole rings is 1. The molecule has 0 saturated carbocycles. The number of rotatable bonds is 6. The van der Waals surface area contributed by atoms with E-state index in [4.69, 9.17) is 10.5 Å². The minimum Gasteiger partial charge on any atom is -0.457 e. The van der Waals surface area contributed by atoms with Crippen LogP contribution in [-0.4, -0.2) is 42.5 Å². The van der Waals surface area contributed by atoms with Crippen LogP contribution in [0.3, 0.4) is 0 Å². The normalized spacial score (nSPS) is 15.8. The molecule has 5 rings (SSSR count). The molecule has 1 unspecified atom stereocenters. The molecule has 0 bridgehead atoms. The summed E-state index contributed by atoms with van der Waals surface area (Å²) in [6.07, 6.45) is 6.35. The minimum absolute atomic E-state index is 0.0464. The van der Waals surface area contributed by atoms with Crippen LogP contribution < -0.4 is 16.2 Å². The summed E-state index contributed by atoms with van der Waals surface area (Å²) < 4.78 is 8.98. The van der Waals surface area contributed by atoms with Crippen molar-refractivity contribution in [2.75, 3.05) is 12.3 Å². The number of fused-ring (bicyclic) bond motifs is 1. The number of ether oxygens (including phenoxy) is 1. The molecule has 3 heterocycles. The standard InChI is InChI=1S/C26H26N6O3/c1-2-7-22(33)30-15-6-8-19(30)16-31-25-23(24(27)28-17-29-25)32(26(31)34)18-11-13-21(14-12-18)35-20-9-4-3-5-10-20/h2-5,7,9-14,17,19H,6,8,15-16H2,1H3,(H2,27,28,29). The van der Waals surface area contributed by atoms with Crippen molar-refractivity contribution in [2.24, 2.45) is 0 Å². The van der Waals surface area contributed by atoms with Gasteiger partial charge in [-0.1, -0.05) is 24.3 Å². The number of carbonyl (C=O) groups excluding carboxylic acids is 1. The summed E-state index contributed by atoms with van der Waals surface area (Å²) in [6.45, 7) is 2.81. The fourth-order valence-corrected chi connectivity index (χ4v) is 4.56. The van der Waals surface area contributed by atoms with E-state index >= 15 is 0 Å². The highest BCUT2D eigenvalue weighted by atomic mass is 16.5. The van der Waals surface area contributed by atoms with Crippen LogP contribution >= 0.6 is 0 Å². The lowest BCUT2D eigenvalue weighted by atomic mass is 10.2. The summed E-state index contributed by atoms with van der Waals surface area (Å²) in [7, 11) is 0. The van der Waals surface area contributed by atoms with Crippen LogP contribution in [0.25, 0.3) is 16.9 Å². The maximum atomic E-state index is 13.7. The lowest BCUT2D eigenvalue weighted by Gasteiger charge is -2.23. The van der Waals surface area contributed by atoms with Crippen LogP contribution in [0.1, 0.15) is 19.8 Å². The number of nitrogen functional groups attached to an aromatic ring is 1. The molecule has 1 atom stereocenters. The van der Waals surface area contributed by atoms with Crippen LogP contribution in [0.5, 0.6) is 11.5 Å². The molecule has 0 spiro atoms. The SMILES string of the molecule is CC=CC(=O)N1CCCC1Cn1c(=O)n(-c2ccc(Oc3ccccc3)cc2)c2c(N)ncnc21. The van der Waals surface area contributed by atoms with Crippen LogP contribution in [-0.2, 0) is 11.3 Å². The Balaban J connectivity index is 1.52. The average molecular weight is 471 g/mol. The van der Waals surface area contributed by atoms with Crippen molar-refractivity contribution < 1.29 is 9.53 Å². The maximum Gasteiger partial charge on any atom is 0.335 e. The van der Waals surface area contributed by atoms with E-state index in [9.17, 15) is 9.59 Å². The first kappa shape index (κ1) is 22.4. The fraction of sp³-hybridized carbons (Fsp3) is 0.231. The van der Waals surface area contributed by atoms with Gasteiger partial charge in [0, 0.05) is 13.1 Å². The molecule has 9 heteroatoms. The number of nitrogens with two attached hydrogens (primary N) is 1. The molecule has 2 aromatic carbocycles. The summed E-state index contributed by atoms with van der Waals surface area (Å²) in [5.74, 6) is 1.53. The second kappa shape index (κ2) is 9.46. The van der Waals surface area contributed by atoms with E-state index in [-0.39, 0.29) is 23.5 Å². The van der Waals surface area contributed by atoms with Gasteiger partial charge in [-0.3, -0.25) is 13.9 Å². The van der Waals surface area contributed by atoms with Crippen molar-refractivity contribution in [1.29, 1.82) is 0 Å². The van der Waals surface area contributed by atoms with Gasteiger partial charge in [0.1, 0.15) is 23.3 Å². The molecule has 1 aliphatic heterocycles. The summed E-state index contributed by atoms with van der Waals surface area (Å²) in [6, 6.07) is 16.6. The number of nitrogens with zero attached hydrogens (tertiary/aromatic N) is 5. The van der Waals surface area contributed by atoms with Crippen LogP contribution in [0, 0.1) is 0 Å². The summed E-state index contributed by atoms with van der Waals surface area (Å²) >= 11 is 0. The largest absolute Gasteiger partial charge is 0.457 e. The molecule has 1 saturated heterocycles. The predicted molar refractivity (Wildman–Crippen MR) is 134 cm³/mol. The van der Waals surface area contributed by atoms with Gasteiger partial charge >= 0.3 is 5.69 Å². The highest BCUT2D eigenvalue weighted by molar-refractivity contribution is 5.88. The third-order valence-corrected chi connectivity index (χ3v) is 6.17. The van der Waals surface area contributed by atoms with Crippen molar-refractivity contribution in [1.82, 2.24) is 24.0 Å². The number of aromatic nitrogens is 4. The average Bonchev–Trinajstić information content (AvgIpc) is 3.44. The Morgan fingerprint density at radius 3 is 2.60 bits per heavy atom. The molecule has 0 radical (unpaired) electrons. The number of anilines is 1. The molecule has 2 N–H and O–H groups in total. The molecular weight excluding hydrogens is 444 g/mol. The fourth-order valence-electron chi connectivity index (χ4n) is 4.56. The second-order valence-corrected chi connectivity index (χ2v) is 8.40. The maximum absolute atomic E-state index is 13.7. The van der Waals surface area contributed by atoms with Crippen molar-refractivity contribution in [2.45, 2.75) is 32.4 Å². The molecule has 1 aliphatic rings. The Morgan fingerprint density at radius 2 is 1.86 bits per heavy atom. The Kier molecular flexibility index (Phi) is 6.05. The van der Waals surface area contributed by atoms with Gasteiger partial charge in [0.05, 0.1) is 11.7 Å². The molecule has 2 aromatic heterocycles. The molecule has 4 aromatic rings. The Labute approximate surface area is 202 Å². The van der Waals surface area contributed by atoms with Crippen molar-refractivity contribution >= 4 is 22.9 Å². The zero-order chi connectivity index (χ0) is 24.4. The van der Waals surface area contributed by atoms with Crippen LogP contribution in [0.4, 0.5) is 5.82 Å². The van der Waals surface area contributed by atoms with Gasteiger partial charge in [0.15, 0.2) is 11.5 Å². The van der Waals surface area contributed by atoms with Gasteiger partial charge in [0.25, 0.3) is 0 Å². The van der Waals surface area contributed by atoms with Gasteiger partial charge < -0.3 is 15.4 Å². The van der Waals surface area contributed by atoms with Gasteiger partial charge in [0.2, 0.25) is 5.91 Å². The molecule has 1 amide bonds. The first-order chi connectivity index (χ1) is 17.1. The first-order valence-electron chi connectivity index (χ1n) is 11.5. The molecular formula is C26H26N6O3. The van der Waals surface area contributed by atoms with E-state index < -0.39 is 0 Å². The van der Waals surface area contributed by atoms with E-state index in [0.29, 0.717) is 35.7 Å². The van der Waals surface area contributed by atoms with Crippen molar-refractivity contribution in [3.8, 4) is 17.2 Å². The van der Waals surface area contributed by atoms with E-state index in [1.54, 1.807) is 41.0 Å². The smallest absolute Gasteiger partial charge is 0.335 e. The molecule has 0 aliphatic carbocycles. The zero-order valence-electron chi connectivity index (χ0n) is 19.4. The quantitative estimate of drug-likeness (QED) is 0.432. The van der Waals surface area contributed by atoms with Crippen molar-refractivity contribution in [3.63, 3.8) is 0 Å². The number of carbonyl (C=O) groups is 1. The topological polar surface area (TPSA) is 108 Å². The van der Waals surface area contributed by atoms with Gasteiger partial charge in [-0.2, -0.15) is 0 Å². The third-order valence-electron chi connectivity index (χ3n) is 6.17. The number of allylic oxidation sites excluding steroid dienone is 1. The van der Waals surface area contributed by atoms with Crippen LogP contribution in [0.2, 0.25) is 0 Å². The lowest BCUT2D eigenvalue weighted by molar-refractivity contribution is -0.127. The number of hydrogen-bond donors (Lipinski definition) is 1.